The Morgan fingerprint density at radius 3 is 2.71 bits per heavy atom. The van der Waals surface area contributed by atoms with E-state index in [1.807, 2.05) is 30.0 Å². The highest BCUT2D eigenvalue weighted by Gasteiger charge is 2.26. The van der Waals surface area contributed by atoms with Gasteiger partial charge in [0.05, 0.1) is 10.7 Å². The molecule has 0 N–H and O–H groups in total. The van der Waals surface area contributed by atoms with Crippen molar-refractivity contribution in [1.82, 2.24) is 14.9 Å². The third-order valence-corrected chi connectivity index (χ3v) is 5.48. The molecule has 1 aliphatic heterocycles. The number of piperidine rings is 1. The zero-order valence-electron chi connectivity index (χ0n) is 14.2. The maximum absolute atomic E-state index is 12.4. The van der Waals surface area contributed by atoms with Gasteiger partial charge in [-0.05, 0) is 38.3 Å². The Bertz CT molecular complexity index is 715. The van der Waals surface area contributed by atoms with E-state index in [1.54, 1.807) is 23.7 Å². The number of carbonyl (C=O) groups excluding carboxylic acids is 1. The van der Waals surface area contributed by atoms with E-state index in [-0.39, 0.29) is 5.91 Å². The van der Waals surface area contributed by atoms with Crippen LogP contribution in [0.1, 0.15) is 44.0 Å². The monoisotopic (exact) mass is 341 g/mol. The lowest BCUT2D eigenvalue weighted by Crippen LogP contribution is -2.38. The van der Waals surface area contributed by atoms with Crippen molar-refractivity contribution in [3.63, 3.8) is 0 Å². The number of allylic oxidation sites excluding steroid dienone is 1. The first-order chi connectivity index (χ1) is 11.7. The lowest BCUT2D eigenvalue weighted by molar-refractivity contribution is -0.128. The first kappa shape index (κ1) is 16.8. The Morgan fingerprint density at radius 2 is 2.04 bits per heavy atom. The molecular formula is C19H23N3OS. The second-order valence-electron chi connectivity index (χ2n) is 6.17. The van der Waals surface area contributed by atoms with E-state index in [9.17, 15) is 4.79 Å². The van der Waals surface area contributed by atoms with Crippen LogP contribution in [0.3, 0.4) is 0 Å². The van der Waals surface area contributed by atoms with Gasteiger partial charge in [-0.3, -0.25) is 9.78 Å². The molecule has 0 bridgehead atoms. The Labute approximate surface area is 147 Å². The van der Waals surface area contributed by atoms with Gasteiger partial charge in [0, 0.05) is 47.9 Å². The van der Waals surface area contributed by atoms with Crippen LogP contribution >= 0.6 is 11.3 Å². The SMILES string of the molecule is CCC=C(C)C(=O)N1CCC(c2nc(-c3ccncc3)cs2)CC1. The number of amides is 1. The summed E-state index contributed by atoms with van der Waals surface area (Å²) in [7, 11) is 0. The van der Waals surface area contributed by atoms with E-state index < -0.39 is 0 Å². The van der Waals surface area contributed by atoms with E-state index in [4.69, 9.17) is 4.98 Å². The van der Waals surface area contributed by atoms with Gasteiger partial charge >= 0.3 is 0 Å². The molecule has 0 atom stereocenters. The van der Waals surface area contributed by atoms with E-state index >= 15 is 0 Å². The average molecular weight is 341 g/mol. The van der Waals surface area contributed by atoms with Crippen molar-refractivity contribution in [3.05, 3.63) is 46.6 Å². The molecule has 5 heteroatoms. The Hall–Kier alpha value is -2.01. The molecule has 0 spiro atoms. The smallest absolute Gasteiger partial charge is 0.249 e. The predicted octanol–water partition coefficient (Wildman–Crippen LogP) is 4.27. The molecular weight excluding hydrogens is 318 g/mol. The van der Waals surface area contributed by atoms with Crippen molar-refractivity contribution in [2.45, 2.75) is 39.0 Å². The first-order valence-corrected chi connectivity index (χ1v) is 9.39. The molecule has 0 radical (unpaired) electrons. The first-order valence-electron chi connectivity index (χ1n) is 8.51. The van der Waals surface area contributed by atoms with Gasteiger partial charge in [-0.2, -0.15) is 0 Å². The number of pyridine rings is 1. The molecule has 4 nitrogen and oxygen atoms in total. The van der Waals surface area contributed by atoms with Crippen molar-refractivity contribution < 1.29 is 4.79 Å². The second kappa shape index (κ2) is 7.71. The third kappa shape index (κ3) is 3.73. The van der Waals surface area contributed by atoms with Crippen molar-refractivity contribution in [2.75, 3.05) is 13.1 Å². The maximum Gasteiger partial charge on any atom is 0.249 e. The average Bonchev–Trinajstić information content (AvgIpc) is 3.12. The molecule has 3 rings (SSSR count). The van der Waals surface area contributed by atoms with Gasteiger partial charge in [0.15, 0.2) is 0 Å². The number of carbonyl (C=O) groups is 1. The highest BCUT2D eigenvalue weighted by atomic mass is 32.1. The number of likely N-dealkylation sites (tertiary alicyclic amines) is 1. The second-order valence-corrected chi connectivity index (χ2v) is 7.06. The highest BCUT2D eigenvalue weighted by Crippen LogP contribution is 2.33. The molecule has 24 heavy (non-hydrogen) atoms. The summed E-state index contributed by atoms with van der Waals surface area (Å²) in [5, 5.41) is 3.31. The fourth-order valence-electron chi connectivity index (χ4n) is 3.10. The Kier molecular flexibility index (Phi) is 5.41. The fraction of sp³-hybridized carbons (Fsp3) is 0.421. The number of thiazole rings is 1. The van der Waals surface area contributed by atoms with Gasteiger partial charge in [0.25, 0.3) is 0 Å². The lowest BCUT2D eigenvalue weighted by atomic mass is 9.97. The standard InChI is InChI=1S/C19H23N3OS/c1-3-4-14(2)19(23)22-11-7-16(8-12-22)18-21-17(13-24-18)15-5-9-20-10-6-15/h4-6,9-10,13,16H,3,7-8,11-12H2,1-2H3. The van der Waals surface area contributed by atoms with Gasteiger partial charge in [-0.1, -0.05) is 13.0 Å². The van der Waals surface area contributed by atoms with Crippen LogP contribution in [0.25, 0.3) is 11.3 Å². The van der Waals surface area contributed by atoms with Gasteiger partial charge in [0.2, 0.25) is 5.91 Å². The van der Waals surface area contributed by atoms with Gasteiger partial charge < -0.3 is 4.90 Å². The van der Waals surface area contributed by atoms with Crippen LogP contribution in [0.4, 0.5) is 0 Å². The zero-order chi connectivity index (χ0) is 16.9. The Morgan fingerprint density at radius 1 is 1.33 bits per heavy atom. The predicted molar refractivity (Wildman–Crippen MR) is 97.9 cm³/mol. The molecule has 0 saturated carbocycles. The van der Waals surface area contributed by atoms with Crippen molar-refractivity contribution in [2.24, 2.45) is 0 Å². The molecule has 1 saturated heterocycles. The summed E-state index contributed by atoms with van der Waals surface area (Å²) in [5.41, 5.74) is 3.00. The van der Waals surface area contributed by atoms with Crippen LogP contribution in [0, 0.1) is 0 Å². The number of aromatic nitrogens is 2. The van der Waals surface area contributed by atoms with Crippen LogP contribution in [-0.2, 0) is 4.79 Å². The molecule has 0 aliphatic carbocycles. The number of hydrogen-bond acceptors (Lipinski definition) is 4. The summed E-state index contributed by atoms with van der Waals surface area (Å²) < 4.78 is 0. The molecule has 1 fully saturated rings. The quantitative estimate of drug-likeness (QED) is 0.780. The van der Waals surface area contributed by atoms with E-state index in [2.05, 4.69) is 17.3 Å². The Balaban J connectivity index is 1.62. The van der Waals surface area contributed by atoms with Crippen LogP contribution in [-0.4, -0.2) is 33.9 Å². The van der Waals surface area contributed by atoms with Crippen molar-refractivity contribution in [3.8, 4) is 11.3 Å². The molecule has 2 aromatic rings. The molecule has 1 aliphatic rings. The largest absolute Gasteiger partial charge is 0.339 e. The summed E-state index contributed by atoms with van der Waals surface area (Å²) in [4.78, 5) is 23.2. The van der Waals surface area contributed by atoms with Crippen molar-refractivity contribution in [1.29, 1.82) is 0 Å². The van der Waals surface area contributed by atoms with Crippen LogP contribution in [0.15, 0.2) is 41.6 Å². The zero-order valence-corrected chi connectivity index (χ0v) is 15.1. The number of nitrogens with zero attached hydrogens (tertiary/aromatic N) is 3. The van der Waals surface area contributed by atoms with Crippen LogP contribution in [0.5, 0.6) is 0 Å². The minimum absolute atomic E-state index is 0.187. The normalized spacial score (nSPS) is 16.4. The van der Waals surface area contributed by atoms with E-state index in [1.165, 1.54) is 5.01 Å². The van der Waals surface area contributed by atoms with E-state index in [0.29, 0.717) is 5.92 Å². The molecule has 2 aromatic heterocycles. The lowest BCUT2D eigenvalue weighted by Gasteiger charge is -2.31. The van der Waals surface area contributed by atoms with Crippen LogP contribution in [0.2, 0.25) is 0 Å². The highest BCUT2D eigenvalue weighted by molar-refractivity contribution is 7.10. The minimum Gasteiger partial charge on any atom is -0.339 e. The van der Waals surface area contributed by atoms with Gasteiger partial charge in [0.1, 0.15) is 0 Å². The van der Waals surface area contributed by atoms with Gasteiger partial charge in [-0.25, -0.2) is 4.98 Å². The number of rotatable bonds is 4. The van der Waals surface area contributed by atoms with E-state index in [0.717, 1.165) is 49.2 Å². The summed E-state index contributed by atoms with van der Waals surface area (Å²) in [6.07, 6.45) is 8.50. The summed E-state index contributed by atoms with van der Waals surface area (Å²) in [6, 6.07) is 3.98. The third-order valence-electron chi connectivity index (χ3n) is 4.48. The topological polar surface area (TPSA) is 46.1 Å². The minimum atomic E-state index is 0.187. The maximum atomic E-state index is 12.4. The molecule has 1 amide bonds. The summed E-state index contributed by atoms with van der Waals surface area (Å²) in [5.74, 6) is 0.650. The van der Waals surface area contributed by atoms with Crippen molar-refractivity contribution >= 4 is 17.2 Å². The molecule has 0 unspecified atom stereocenters. The molecule has 0 aromatic carbocycles. The number of hydrogen-bond donors (Lipinski definition) is 0. The summed E-state index contributed by atoms with van der Waals surface area (Å²) in [6.45, 7) is 5.62. The molecule has 126 valence electrons. The fourth-order valence-corrected chi connectivity index (χ4v) is 4.10. The molecule has 3 heterocycles. The van der Waals surface area contributed by atoms with Crippen LogP contribution < -0.4 is 0 Å². The van der Waals surface area contributed by atoms with Gasteiger partial charge in [-0.15, -0.1) is 11.3 Å². The summed E-state index contributed by atoms with van der Waals surface area (Å²) >= 11 is 1.73.